The smallest absolute Gasteiger partial charge is 0.225 e. The van der Waals surface area contributed by atoms with Crippen LogP contribution in [0, 0.1) is 0 Å². The number of carbonyl (C=O) groups excluding carboxylic acids is 1. The van der Waals surface area contributed by atoms with Gasteiger partial charge in [-0.3, -0.25) is 4.79 Å². The molecule has 0 bridgehead atoms. The molecule has 1 fully saturated rings. The Morgan fingerprint density at radius 2 is 2.06 bits per heavy atom. The zero-order valence-corrected chi connectivity index (χ0v) is 12.6. The molecule has 0 spiro atoms. The molecule has 5 heteroatoms. The summed E-state index contributed by atoms with van der Waals surface area (Å²) in [4.78, 5) is 13.2. The first-order valence-corrected chi connectivity index (χ1v) is 9.14. The van der Waals surface area contributed by atoms with Gasteiger partial charge in [-0.05, 0) is 18.1 Å². The number of hydrogen-bond donors (Lipinski definition) is 1. The van der Waals surface area contributed by atoms with Crippen molar-refractivity contribution in [2.45, 2.75) is 51.4 Å². The number of rotatable bonds is 4. The highest BCUT2D eigenvalue weighted by Gasteiger charge is 2.37. The van der Waals surface area contributed by atoms with Crippen LogP contribution in [0.1, 0.15) is 27.2 Å². The van der Waals surface area contributed by atoms with Crippen LogP contribution in [0.3, 0.4) is 0 Å². The van der Waals surface area contributed by atoms with E-state index in [1.54, 1.807) is 4.90 Å². The number of hydrogen-bond acceptors (Lipinski definition) is 3. The van der Waals surface area contributed by atoms with E-state index < -0.39 is 14.4 Å². The van der Waals surface area contributed by atoms with Gasteiger partial charge in [0.25, 0.3) is 0 Å². The molecule has 0 radical (unpaired) electrons. The van der Waals surface area contributed by atoms with Crippen LogP contribution in [0.25, 0.3) is 0 Å². The molecule has 0 aromatic heterocycles. The van der Waals surface area contributed by atoms with Crippen molar-refractivity contribution in [1.29, 1.82) is 0 Å². The molecule has 4 nitrogen and oxygen atoms in total. The van der Waals surface area contributed by atoms with Crippen molar-refractivity contribution < 1.29 is 14.3 Å². The van der Waals surface area contributed by atoms with Gasteiger partial charge in [0, 0.05) is 13.1 Å². The predicted octanol–water partition coefficient (Wildman–Crippen LogP) is 1.60. The lowest BCUT2D eigenvalue weighted by atomic mass is 10.2. The Labute approximate surface area is 105 Å². The third-order valence-electron chi connectivity index (χ3n) is 3.82. The van der Waals surface area contributed by atoms with Crippen LogP contribution >= 0.6 is 0 Å². The third kappa shape index (κ3) is 3.79. The number of nitrogens with zero attached hydrogens (tertiary/aromatic N) is 1. The van der Waals surface area contributed by atoms with Gasteiger partial charge in [0.15, 0.2) is 8.32 Å². The van der Waals surface area contributed by atoms with Crippen LogP contribution in [-0.4, -0.2) is 50.0 Å². The summed E-state index contributed by atoms with van der Waals surface area (Å²) in [5.74, 6) is 0.0383. The number of likely N-dealkylation sites (tertiary alicyclic amines) is 1. The monoisotopic (exact) mass is 259 g/mol. The van der Waals surface area contributed by atoms with Gasteiger partial charge in [0.1, 0.15) is 0 Å². The zero-order valence-electron chi connectivity index (χ0n) is 11.6. The Hall–Kier alpha value is -0.393. The van der Waals surface area contributed by atoms with Gasteiger partial charge in [-0.2, -0.15) is 0 Å². The predicted molar refractivity (Wildman–Crippen MR) is 70.4 cm³/mol. The van der Waals surface area contributed by atoms with Crippen molar-refractivity contribution in [3.63, 3.8) is 0 Å². The molecule has 0 saturated carbocycles. The van der Waals surface area contributed by atoms with E-state index in [2.05, 4.69) is 33.9 Å². The highest BCUT2D eigenvalue weighted by Crippen LogP contribution is 2.36. The first-order valence-electron chi connectivity index (χ1n) is 6.23. The van der Waals surface area contributed by atoms with Crippen LogP contribution in [0.5, 0.6) is 0 Å². The van der Waals surface area contributed by atoms with E-state index in [1.807, 2.05) is 0 Å². The Morgan fingerprint density at radius 1 is 1.47 bits per heavy atom. The normalized spacial score (nSPS) is 22.4. The molecule has 100 valence electrons. The lowest BCUT2D eigenvalue weighted by Crippen LogP contribution is -2.43. The van der Waals surface area contributed by atoms with E-state index in [4.69, 9.17) is 4.43 Å². The fourth-order valence-corrected chi connectivity index (χ4v) is 2.63. The first-order chi connectivity index (χ1) is 7.63. The van der Waals surface area contributed by atoms with Crippen molar-refractivity contribution in [2.75, 3.05) is 19.7 Å². The second kappa shape index (κ2) is 5.08. The molecule has 0 aliphatic carbocycles. The van der Waals surface area contributed by atoms with E-state index in [-0.39, 0.29) is 17.4 Å². The van der Waals surface area contributed by atoms with Gasteiger partial charge in [0.2, 0.25) is 5.91 Å². The molecule has 1 rings (SSSR count). The first kappa shape index (κ1) is 14.7. The summed E-state index contributed by atoms with van der Waals surface area (Å²) in [7, 11) is -1.72. The van der Waals surface area contributed by atoms with Crippen molar-refractivity contribution in [3.8, 4) is 0 Å². The summed E-state index contributed by atoms with van der Waals surface area (Å²) >= 11 is 0. The zero-order chi connectivity index (χ0) is 13.3. The molecule has 1 aliphatic heterocycles. The maximum atomic E-state index is 11.5. The quantitative estimate of drug-likeness (QED) is 0.780. The van der Waals surface area contributed by atoms with E-state index in [1.165, 1.54) is 0 Å². The average molecular weight is 259 g/mol. The van der Waals surface area contributed by atoms with Crippen molar-refractivity contribution in [2.24, 2.45) is 0 Å². The molecule has 17 heavy (non-hydrogen) atoms. The molecule has 1 atom stereocenters. The molecule has 1 aliphatic rings. The maximum Gasteiger partial charge on any atom is 0.225 e. The fraction of sp³-hybridized carbons (Fsp3) is 0.917. The number of aliphatic hydroxyl groups is 1. The van der Waals surface area contributed by atoms with Gasteiger partial charge < -0.3 is 14.4 Å². The van der Waals surface area contributed by atoms with E-state index in [0.29, 0.717) is 19.7 Å². The summed E-state index contributed by atoms with van der Waals surface area (Å²) in [5.41, 5.74) is 0. The Morgan fingerprint density at radius 3 is 2.47 bits per heavy atom. The molecule has 1 saturated heterocycles. The van der Waals surface area contributed by atoms with Gasteiger partial charge in [-0.15, -0.1) is 0 Å². The second-order valence-electron chi connectivity index (χ2n) is 6.31. The minimum absolute atomic E-state index is 0.0383. The van der Waals surface area contributed by atoms with E-state index in [0.717, 1.165) is 0 Å². The summed E-state index contributed by atoms with van der Waals surface area (Å²) in [5, 5.41) is 9.56. The van der Waals surface area contributed by atoms with Gasteiger partial charge >= 0.3 is 0 Å². The largest absolute Gasteiger partial charge is 0.415 e. The lowest BCUT2D eigenvalue weighted by Gasteiger charge is -2.36. The molecule has 1 unspecified atom stereocenters. The molecule has 0 aromatic rings. The minimum Gasteiger partial charge on any atom is -0.415 e. The van der Waals surface area contributed by atoms with E-state index in [9.17, 15) is 9.90 Å². The Balaban J connectivity index is 2.36. The molecule has 1 amide bonds. The minimum atomic E-state index is -1.72. The number of β-amino-alcohol motifs (C(OH)–C–C–N with tert-alkyl or cyclic N) is 1. The van der Waals surface area contributed by atoms with Crippen LogP contribution in [-0.2, 0) is 9.22 Å². The summed E-state index contributed by atoms with van der Waals surface area (Å²) < 4.78 is 6.00. The molecular formula is C12H25NO3Si. The van der Waals surface area contributed by atoms with Crippen LogP contribution < -0.4 is 0 Å². The topological polar surface area (TPSA) is 49.8 Å². The maximum absolute atomic E-state index is 11.5. The van der Waals surface area contributed by atoms with Crippen LogP contribution in [0.15, 0.2) is 0 Å². The third-order valence-corrected chi connectivity index (χ3v) is 8.36. The van der Waals surface area contributed by atoms with Crippen molar-refractivity contribution >= 4 is 14.2 Å². The Kier molecular flexibility index (Phi) is 4.38. The van der Waals surface area contributed by atoms with Gasteiger partial charge in [0.05, 0.1) is 19.1 Å². The Bertz CT molecular complexity index is 286. The number of carbonyl (C=O) groups is 1. The summed E-state index contributed by atoms with van der Waals surface area (Å²) in [6.07, 6.45) is -0.226. The number of amides is 1. The lowest BCUT2D eigenvalue weighted by molar-refractivity contribution is -0.128. The highest BCUT2D eigenvalue weighted by atomic mass is 28.4. The van der Waals surface area contributed by atoms with Crippen molar-refractivity contribution in [3.05, 3.63) is 0 Å². The summed E-state index contributed by atoms with van der Waals surface area (Å²) in [6.45, 7) is 12.6. The fourth-order valence-electron chi connectivity index (χ4n) is 1.59. The van der Waals surface area contributed by atoms with Gasteiger partial charge in [-0.25, -0.2) is 0 Å². The molecule has 1 N–H and O–H groups in total. The van der Waals surface area contributed by atoms with Crippen molar-refractivity contribution in [1.82, 2.24) is 4.90 Å². The highest BCUT2D eigenvalue weighted by molar-refractivity contribution is 6.74. The second-order valence-corrected chi connectivity index (χ2v) is 11.1. The molecule has 0 aromatic carbocycles. The SMILES string of the molecule is CC(C)(C)[Si](C)(C)OCCN1CC(O)CC1=O. The van der Waals surface area contributed by atoms with Gasteiger partial charge in [-0.1, -0.05) is 20.8 Å². The van der Waals surface area contributed by atoms with Crippen LogP contribution in [0.2, 0.25) is 18.1 Å². The summed E-state index contributed by atoms with van der Waals surface area (Å²) in [6, 6.07) is 0. The van der Waals surface area contributed by atoms with E-state index >= 15 is 0 Å². The average Bonchev–Trinajstić information content (AvgIpc) is 2.43. The molecular weight excluding hydrogens is 234 g/mol. The standard InChI is InChI=1S/C12H25NO3Si/c1-12(2,3)17(4,5)16-7-6-13-9-10(14)8-11(13)15/h10,14H,6-9H2,1-5H3. The van der Waals surface area contributed by atoms with Crippen LogP contribution in [0.4, 0.5) is 0 Å². The number of aliphatic hydroxyl groups excluding tert-OH is 1. The molecule has 1 heterocycles.